The van der Waals surface area contributed by atoms with Crippen LogP contribution >= 0.6 is 23.1 Å². The molecule has 1 fully saturated rings. The van der Waals surface area contributed by atoms with Crippen molar-refractivity contribution in [2.75, 3.05) is 11.9 Å². The summed E-state index contributed by atoms with van der Waals surface area (Å²) < 4.78 is 0. The third kappa shape index (κ3) is 3.26. The summed E-state index contributed by atoms with van der Waals surface area (Å²) in [5.41, 5.74) is 0. The highest BCUT2D eigenvalue weighted by atomic mass is 32.2. The third-order valence-corrected chi connectivity index (χ3v) is 5.89. The standard InChI is InChI=1S/C15H21N3S2/c1-2-16-14-12-8-9-19-15(12)18-13(17-14)10-20-11-6-4-3-5-7-11/h8-9,11H,2-7,10H2,1H3,(H,16,17,18). The fourth-order valence-electron chi connectivity index (χ4n) is 2.69. The van der Waals surface area contributed by atoms with E-state index in [4.69, 9.17) is 9.97 Å². The van der Waals surface area contributed by atoms with Gasteiger partial charge in [0.15, 0.2) is 0 Å². The van der Waals surface area contributed by atoms with E-state index in [1.54, 1.807) is 11.3 Å². The number of fused-ring (bicyclic) bond motifs is 1. The highest BCUT2D eigenvalue weighted by Crippen LogP contribution is 2.31. The average Bonchev–Trinajstić information content (AvgIpc) is 2.95. The summed E-state index contributed by atoms with van der Waals surface area (Å²) in [5, 5.41) is 7.43. The maximum absolute atomic E-state index is 4.71. The van der Waals surface area contributed by atoms with Gasteiger partial charge in [-0.1, -0.05) is 19.3 Å². The van der Waals surface area contributed by atoms with Gasteiger partial charge >= 0.3 is 0 Å². The van der Waals surface area contributed by atoms with Crippen LogP contribution in [-0.4, -0.2) is 21.8 Å². The van der Waals surface area contributed by atoms with Gasteiger partial charge in [-0.05, 0) is 31.2 Å². The van der Waals surface area contributed by atoms with Crippen LogP contribution < -0.4 is 5.32 Å². The molecule has 0 unspecified atom stereocenters. The maximum Gasteiger partial charge on any atom is 0.142 e. The predicted octanol–water partition coefficient (Wildman–Crippen LogP) is 4.69. The van der Waals surface area contributed by atoms with Gasteiger partial charge < -0.3 is 5.32 Å². The number of thioether (sulfide) groups is 1. The van der Waals surface area contributed by atoms with Gasteiger partial charge in [0.25, 0.3) is 0 Å². The van der Waals surface area contributed by atoms with Crippen molar-refractivity contribution in [3.63, 3.8) is 0 Å². The Labute approximate surface area is 128 Å². The van der Waals surface area contributed by atoms with E-state index < -0.39 is 0 Å². The molecule has 3 nitrogen and oxygen atoms in total. The number of hydrogen-bond acceptors (Lipinski definition) is 5. The van der Waals surface area contributed by atoms with Gasteiger partial charge in [-0.25, -0.2) is 9.97 Å². The molecule has 0 spiro atoms. The van der Waals surface area contributed by atoms with Crippen molar-refractivity contribution in [1.29, 1.82) is 0 Å². The number of hydrogen-bond donors (Lipinski definition) is 1. The minimum absolute atomic E-state index is 0.814. The van der Waals surface area contributed by atoms with Gasteiger partial charge in [0, 0.05) is 11.8 Å². The monoisotopic (exact) mass is 307 g/mol. The Morgan fingerprint density at radius 3 is 2.95 bits per heavy atom. The van der Waals surface area contributed by atoms with Crippen molar-refractivity contribution in [3.05, 3.63) is 17.3 Å². The zero-order valence-corrected chi connectivity index (χ0v) is 13.5. The lowest BCUT2D eigenvalue weighted by atomic mass is 10.0. The van der Waals surface area contributed by atoms with Gasteiger partial charge in [-0.15, -0.1) is 11.3 Å². The quantitative estimate of drug-likeness (QED) is 0.869. The molecular weight excluding hydrogens is 286 g/mol. The summed E-state index contributed by atoms with van der Waals surface area (Å²) in [5.74, 6) is 2.92. The Balaban J connectivity index is 1.73. The zero-order chi connectivity index (χ0) is 13.8. The Bertz CT molecular complexity index is 561. The molecule has 0 radical (unpaired) electrons. The SMILES string of the molecule is CCNc1nc(CSC2CCCCC2)nc2sccc12. The third-order valence-electron chi connectivity index (χ3n) is 3.72. The first kappa shape index (κ1) is 14.1. The predicted molar refractivity (Wildman–Crippen MR) is 89.7 cm³/mol. The fraction of sp³-hybridized carbons (Fsp3) is 0.600. The van der Waals surface area contributed by atoms with Crippen LogP contribution in [0.4, 0.5) is 5.82 Å². The van der Waals surface area contributed by atoms with Gasteiger partial charge in [-0.3, -0.25) is 0 Å². The number of rotatable bonds is 5. The van der Waals surface area contributed by atoms with Gasteiger partial charge in [-0.2, -0.15) is 11.8 Å². The van der Waals surface area contributed by atoms with E-state index in [1.165, 1.54) is 32.1 Å². The van der Waals surface area contributed by atoms with E-state index in [0.717, 1.165) is 39.4 Å². The lowest BCUT2D eigenvalue weighted by Crippen LogP contribution is -2.09. The molecule has 1 aliphatic rings. The van der Waals surface area contributed by atoms with Crippen molar-refractivity contribution >= 4 is 39.1 Å². The number of thiophene rings is 1. The summed E-state index contributed by atoms with van der Waals surface area (Å²) >= 11 is 3.74. The highest BCUT2D eigenvalue weighted by molar-refractivity contribution is 7.99. The molecule has 20 heavy (non-hydrogen) atoms. The second-order valence-electron chi connectivity index (χ2n) is 5.23. The number of aromatic nitrogens is 2. The average molecular weight is 307 g/mol. The Kier molecular flexibility index (Phi) is 4.78. The minimum Gasteiger partial charge on any atom is -0.370 e. The molecule has 0 aliphatic heterocycles. The van der Waals surface area contributed by atoms with Gasteiger partial charge in [0.1, 0.15) is 16.5 Å². The van der Waals surface area contributed by atoms with E-state index in [-0.39, 0.29) is 0 Å². The molecule has 1 N–H and O–H groups in total. The van der Waals surface area contributed by atoms with E-state index in [1.807, 2.05) is 11.8 Å². The zero-order valence-electron chi connectivity index (χ0n) is 11.9. The molecule has 0 amide bonds. The lowest BCUT2D eigenvalue weighted by molar-refractivity contribution is 0.516. The van der Waals surface area contributed by atoms with Crippen LogP contribution in [0.5, 0.6) is 0 Å². The highest BCUT2D eigenvalue weighted by Gasteiger charge is 2.15. The van der Waals surface area contributed by atoms with Crippen LogP contribution in [0.1, 0.15) is 44.9 Å². The molecule has 0 aromatic carbocycles. The molecule has 5 heteroatoms. The normalized spacial score (nSPS) is 16.6. The topological polar surface area (TPSA) is 37.8 Å². The largest absolute Gasteiger partial charge is 0.370 e. The van der Waals surface area contributed by atoms with E-state index in [0.29, 0.717) is 0 Å². The van der Waals surface area contributed by atoms with E-state index >= 15 is 0 Å². The van der Waals surface area contributed by atoms with Crippen molar-refractivity contribution in [3.8, 4) is 0 Å². The summed E-state index contributed by atoms with van der Waals surface area (Å²) in [4.78, 5) is 10.5. The van der Waals surface area contributed by atoms with Crippen LogP contribution in [-0.2, 0) is 5.75 Å². The molecule has 108 valence electrons. The number of nitrogens with zero attached hydrogens (tertiary/aromatic N) is 2. The van der Waals surface area contributed by atoms with Crippen LogP contribution in [0.15, 0.2) is 11.4 Å². The Morgan fingerprint density at radius 1 is 1.30 bits per heavy atom. The summed E-state index contributed by atoms with van der Waals surface area (Å²) in [6.45, 7) is 3.01. The summed E-state index contributed by atoms with van der Waals surface area (Å²) in [6, 6.07) is 2.11. The van der Waals surface area contributed by atoms with Crippen molar-refractivity contribution in [1.82, 2.24) is 9.97 Å². The first-order valence-electron chi connectivity index (χ1n) is 7.46. The van der Waals surface area contributed by atoms with E-state index in [2.05, 4.69) is 23.7 Å². The molecular formula is C15H21N3S2. The van der Waals surface area contributed by atoms with Crippen molar-refractivity contribution in [2.24, 2.45) is 0 Å². The van der Waals surface area contributed by atoms with E-state index in [9.17, 15) is 0 Å². The number of nitrogens with one attached hydrogen (secondary N) is 1. The summed E-state index contributed by atoms with van der Waals surface area (Å²) in [7, 11) is 0. The Morgan fingerprint density at radius 2 is 2.15 bits per heavy atom. The smallest absolute Gasteiger partial charge is 0.142 e. The van der Waals surface area contributed by atoms with Crippen molar-refractivity contribution < 1.29 is 0 Å². The Hall–Kier alpha value is -0.810. The lowest BCUT2D eigenvalue weighted by Gasteiger charge is -2.20. The number of anilines is 1. The van der Waals surface area contributed by atoms with Crippen LogP contribution in [0, 0.1) is 0 Å². The maximum atomic E-state index is 4.71. The van der Waals surface area contributed by atoms with Crippen molar-refractivity contribution in [2.45, 2.75) is 50.0 Å². The second-order valence-corrected chi connectivity index (χ2v) is 7.41. The molecule has 2 aromatic heterocycles. The second kappa shape index (κ2) is 6.76. The fourth-order valence-corrected chi connectivity index (χ4v) is 4.65. The first-order valence-corrected chi connectivity index (χ1v) is 9.39. The van der Waals surface area contributed by atoms with Crippen LogP contribution in [0.2, 0.25) is 0 Å². The molecule has 1 aliphatic carbocycles. The molecule has 3 rings (SSSR count). The molecule has 0 atom stereocenters. The molecule has 2 aromatic rings. The molecule has 0 saturated heterocycles. The molecule has 0 bridgehead atoms. The van der Waals surface area contributed by atoms with Crippen LogP contribution in [0.25, 0.3) is 10.2 Å². The molecule has 2 heterocycles. The molecule has 1 saturated carbocycles. The van der Waals surface area contributed by atoms with Gasteiger partial charge in [0.05, 0.1) is 11.1 Å². The van der Waals surface area contributed by atoms with Gasteiger partial charge in [0.2, 0.25) is 0 Å². The van der Waals surface area contributed by atoms with Crippen LogP contribution in [0.3, 0.4) is 0 Å². The minimum atomic E-state index is 0.814. The summed E-state index contributed by atoms with van der Waals surface area (Å²) in [6.07, 6.45) is 6.94. The first-order chi connectivity index (χ1) is 9.86.